The molecule has 0 aliphatic carbocycles. The number of ether oxygens (including phenoxy) is 1. The molecular weight excluding hydrogens is 116 g/mol. The van der Waals surface area contributed by atoms with Crippen LogP contribution in [0.5, 0.6) is 0 Å². The summed E-state index contributed by atoms with van der Waals surface area (Å²) in [7, 11) is 0. The van der Waals surface area contributed by atoms with Crippen molar-refractivity contribution in [3.63, 3.8) is 0 Å². The van der Waals surface area contributed by atoms with Crippen LogP contribution in [0.1, 0.15) is 20.8 Å². The van der Waals surface area contributed by atoms with Crippen molar-refractivity contribution in [3.8, 4) is 0 Å². The fraction of sp³-hybridized carbons (Fsp3) is 0.571. The monoisotopic (exact) mass is 128 g/mol. The zero-order valence-electron chi connectivity index (χ0n) is 6.05. The summed E-state index contributed by atoms with van der Waals surface area (Å²) < 4.78 is 4.53. The van der Waals surface area contributed by atoms with Crippen LogP contribution in [0.15, 0.2) is 11.8 Å². The number of carbonyl (C=O) groups excluding carboxylic acids is 1. The van der Waals surface area contributed by atoms with Crippen molar-refractivity contribution in [2.45, 2.75) is 20.8 Å². The van der Waals surface area contributed by atoms with Gasteiger partial charge in [-0.2, -0.15) is 0 Å². The van der Waals surface area contributed by atoms with E-state index in [4.69, 9.17) is 0 Å². The van der Waals surface area contributed by atoms with Gasteiger partial charge in [-0.15, -0.1) is 0 Å². The first-order valence-electron chi connectivity index (χ1n) is 2.95. The van der Waals surface area contributed by atoms with Gasteiger partial charge in [0.2, 0.25) is 0 Å². The van der Waals surface area contributed by atoms with E-state index in [-0.39, 0.29) is 0 Å². The minimum atomic E-state index is 0.435. The molecule has 2 heteroatoms. The number of hydrogen-bond acceptors (Lipinski definition) is 2. The van der Waals surface area contributed by atoms with E-state index < -0.39 is 0 Å². The first kappa shape index (κ1) is 8.21. The Balaban J connectivity index is 3.68. The zero-order valence-corrected chi connectivity index (χ0v) is 6.05. The predicted octanol–water partition coefficient (Wildman–Crippen LogP) is 1.72. The van der Waals surface area contributed by atoms with Crippen LogP contribution in [0.25, 0.3) is 0 Å². The zero-order chi connectivity index (χ0) is 7.28. The molecule has 0 aliphatic heterocycles. The van der Waals surface area contributed by atoms with E-state index in [1.165, 1.54) is 0 Å². The van der Waals surface area contributed by atoms with Crippen LogP contribution in [0.2, 0.25) is 0 Å². The Morgan fingerprint density at radius 2 is 2.11 bits per heavy atom. The van der Waals surface area contributed by atoms with Crippen LogP contribution < -0.4 is 0 Å². The average molecular weight is 128 g/mol. The van der Waals surface area contributed by atoms with Gasteiger partial charge in [-0.1, -0.05) is 13.8 Å². The van der Waals surface area contributed by atoms with E-state index in [0.717, 1.165) is 0 Å². The number of allylic oxidation sites excluding steroid dienone is 2. The molecule has 0 amide bonds. The molecule has 0 heterocycles. The lowest BCUT2D eigenvalue weighted by Gasteiger charge is -1.97. The summed E-state index contributed by atoms with van der Waals surface area (Å²) in [6.45, 7) is 6.25. The van der Waals surface area contributed by atoms with E-state index in [9.17, 15) is 4.79 Å². The fourth-order valence-electron chi connectivity index (χ4n) is 0.585. The molecule has 0 radical (unpaired) electrons. The lowest BCUT2D eigenvalue weighted by atomic mass is 10.2. The standard InChI is InChI=1S/C7H12O2/c1-6(2)4-7(3)9-5-8/h4-6H,1-3H3. The summed E-state index contributed by atoms with van der Waals surface area (Å²) in [6, 6.07) is 0. The predicted molar refractivity (Wildman–Crippen MR) is 35.7 cm³/mol. The maximum atomic E-state index is 9.73. The molecule has 0 aromatic rings. The minimum absolute atomic E-state index is 0.435. The van der Waals surface area contributed by atoms with Gasteiger partial charge in [-0.25, -0.2) is 0 Å². The van der Waals surface area contributed by atoms with Crippen molar-refractivity contribution in [2.75, 3.05) is 0 Å². The van der Waals surface area contributed by atoms with Crippen molar-refractivity contribution in [3.05, 3.63) is 11.8 Å². The second kappa shape index (κ2) is 4.13. The van der Waals surface area contributed by atoms with Gasteiger partial charge < -0.3 is 4.74 Å². The quantitative estimate of drug-likeness (QED) is 0.427. The summed E-state index contributed by atoms with van der Waals surface area (Å²) in [5, 5.41) is 0. The SMILES string of the molecule is CC(=CC(C)C)OC=O. The third-order valence-electron chi connectivity index (χ3n) is 0.802. The molecule has 0 rings (SSSR count). The second-order valence-corrected chi connectivity index (χ2v) is 2.24. The summed E-state index contributed by atoms with van der Waals surface area (Å²) in [5.74, 6) is 1.10. The van der Waals surface area contributed by atoms with Crippen molar-refractivity contribution < 1.29 is 9.53 Å². The molecule has 0 bridgehead atoms. The Morgan fingerprint density at radius 3 is 2.44 bits per heavy atom. The van der Waals surface area contributed by atoms with Gasteiger partial charge in [0.15, 0.2) is 0 Å². The van der Waals surface area contributed by atoms with Crippen LogP contribution >= 0.6 is 0 Å². The van der Waals surface area contributed by atoms with E-state index in [1.807, 2.05) is 19.9 Å². The molecule has 0 aromatic heterocycles. The molecular formula is C7H12O2. The molecule has 0 atom stereocenters. The highest BCUT2D eigenvalue weighted by Gasteiger charge is 1.89. The van der Waals surface area contributed by atoms with Gasteiger partial charge in [0.05, 0.1) is 0 Å². The molecule has 52 valence electrons. The Labute approximate surface area is 55.5 Å². The maximum Gasteiger partial charge on any atom is 0.298 e. The lowest BCUT2D eigenvalue weighted by Crippen LogP contribution is -1.87. The van der Waals surface area contributed by atoms with Crippen LogP contribution in [-0.2, 0) is 9.53 Å². The normalized spacial score (nSPS) is 11.8. The summed E-state index contributed by atoms with van der Waals surface area (Å²) in [4.78, 5) is 9.73. The van der Waals surface area contributed by atoms with Gasteiger partial charge in [-0.3, -0.25) is 4.79 Å². The number of carbonyl (C=O) groups is 1. The molecule has 2 nitrogen and oxygen atoms in total. The largest absolute Gasteiger partial charge is 0.434 e. The topological polar surface area (TPSA) is 26.3 Å². The second-order valence-electron chi connectivity index (χ2n) is 2.24. The third-order valence-corrected chi connectivity index (χ3v) is 0.802. The van der Waals surface area contributed by atoms with Gasteiger partial charge in [0.1, 0.15) is 5.76 Å². The molecule has 0 N–H and O–H groups in total. The van der Waals surface area contributed by atoms with Crippen LogP contribution in [0.4, 0.5) is 0 Å². The highest BCUT2D eigenvalue weighted by Crippen LogP contribution is 2.00. The molecule has 0 fully saturated rings. The van der Waals surface area contributed by atoms with Crippen LogP contribution in [0, 0.1) is 5.92 Å². The molecule has 9 heavy (non-hydrogen) atoms. The summed E-state index contributed by atoms with van der Waals surface area (Å²) in [5.41, 5.74) is 0. The number of hydrogen-bond donors (Lipinski definition) is 0. The Bertz CT molecular complexity index is 114. The van der Waals surface area contributed by atoms with Crippen LogP contribution in [0.3, 0.4) is 0 Å². The third kappa shape index (κ3) is 5.07. The lowest BCUT2D eigenvalue weighted by molar-refractivity contribution is -0.125. The van der Waals surface area contributed by atoms with Crippen molar-refractivity contribution in [1.82, 2.24) is 0 Å². The minimum Gasteiger partial charge on any atom is -0.434 e. The Morgan fingerprint density at radius 1 is 1.56 bits per heavy atom. The Kier molecular flexibility index (Phi) is 3.76. The van der Waals surface area contributed by atoms with E-state index >= 15 is 0 Å². The van der Waals surface area contributed by atoms with Crippen molar-refractivity contribution in [2.24, 2.45) is 5.92 Å². The van der Waals surface area contributed by atoms with Gasteiger partial charge in [-0.05, 0) is 18.9 Å². The van der Waals surface area contributed by atoms with Gasteiger partial charge >= 0.3 is 0 Å². The highest BCUT2D eigenvalue weighted by atomic mass is 16.5. The summed E-state index contributed by atoms with van der Waals surface area (Å²) >= 11 is 0. The number of rotatable bonds is 3. The van der Waals surface area contributed by atoms with E-state index in [2.05, 4.69) is 4.74 Å². The fourth-order valence-corrected chi connectivity index (χ4v) is 0.585. The Hall–Kier alpha value is -0.790. The average Bonchev–Trinajstić information content (AvgIpc) is 1.63. The molecule has 0 spiro atoms. The molecule has 0 unspecified atom stereocenters. The van der Waals surface area contributed by atoms with Crippen LogP contribution in [-0.4, -0.2) is 6.47 Å². The molecule has 0 saturated heterocycles. The van der Waals surface area contributed by atoms with E-state index in [0.29, 0.717) is 18.1 Å². The molecule has 0 aromatic carbocycles. The van der Waals surface area contributed by atoms with Gasteiger partial charge in [0, 0.05) is 0 Å². The summed E-state index contributed by atoms with van der Waals surface area (Å²) in [6.07, 6.45) is 1.88. The van der Waals surface area contributed by atoms with E-state index in [1.54, 1.807) is 6.92 Å². The smallest absolute Gasteiger partial charge is 0.298 e. The highest BCUT2D eigenvalue weighted by molar-refractivity contribution is 5.39. The first-order chi connectivity index (χ1) is 4.16. The maximum absolute atomic E-state index is 9.73. The molecule has 0 aliphatic rings. The van der Waals surface area contributed by atoms with Crippen molar-refractivity contribution >= 4 is 6.47 Å². The first-order valence-corrected chi connectivity index (χ1v) is 2.95. The van der Waals surface area contributed by atoms with Crippen molar-refractivity contribution in [1.29, 1.82) is 0 Å². The van der Waals surface area contributed by atoms with Gasteiger partial charge in [0.25, 0.3) is 6.47 Å². The molecule has 0 saturated carbocycles.